The highest BCUT2D eigenvalue weighted by molar-refractivity contribution is 5.91. The molecule has 128 valence electrons. The molecule has 0 radical (unpaired) electrons. The summed E-state index contributed by atoms with van der Waals surface area (Å²) in [5, 5.41) is 2.55. The average molecular weight is 339 g/mol. The molecule has 1 amide bonds. The first-order valence-corrected chi connectivity index (χ1v) is 7.15. The average Bonchev–Trinajstić information content (AvgIpc) is 2.52. The molecule has 2 aromatic rings. The second-order valence-corrected chi connectivity index (χ2v) is 5.03. The number of hydrogen-bond donors (Lipinski definition) is 1. The lowest BCUT2D eigenvalue weighted by molar-refractivity contribution is -0.141. The molecule has 0 bridgehead atoms. The van der Waals surface area contributed by atoms with Crippen LogP contribution in [0.25, 0.3) is 0 Å². The van der Waals surface area contributed by atoms with E-state index >= 15 is 0 Å². The molecule has 0 spiro atoms. The van der Waals surface area contributed by atoms with Gasteiger partial charge in [-0.05, 0) is 36.2 Å². The zero-order chi connectivity index (χ0) is 17.6. The third-order valence-corrected chi connectivity index (χ3v) is 3.13. The maximum atomic E-state index is 12.6. The lowest BCUT2D eigenvalue weighted by Crippen LogP contribution is -2.17. The van der Waals surface area contributed by atoms with Crippen LogP contribution in [0.5, 0.6) is 0 Å². The fourth-order valence-electron chi connectivity index (χ4n) is 2.01. The van der Waals surface area contributed by atoms with Gasteiger partial charge in [0, 0.05) is 13.3 Å². The first kappa shape index (κ1) is 17.9. The van der Waals surface area contributed by atoms with E-state index in [9.17, 15) is 18.0 Å². The number of rotatable bonds is 6. The number of carbonyl (C=O) groups excluding carboxylic acids is 1. The SMILES string of the molecule is COCCc1ccnc(NC(=O)Cc2cccc(C(F)(F)F)n2)c1. The number of methoxy groups -OCH3 is 1. The minimum atomic E-state index is -4.54. The molecule has 8 heteroatoms. The third-order valence-electron chi connectivity index (χ3n) is 3.13. The van der Waals surface area contributed by atoms with Crippen LogP contribution >= 0.6 is 0 Å². The fraction of sp³-hybridized carbons (Fsp3) is 0.312. The molecule has 24 heavy (non-hydrogen) atoms. The molecule has 2 rings (SSSR count). The number of aromatic nitrogens is 2. The summed E-state index contributed by atoms with van der Waals surface area (Å²) in [6.45, 7) is 0.533. The number of nitrogens with one attached hydrogen (secondary N) is 1. The molecule has 0 aliphatic heterocycles. The Bertz CT molecular complexity index is 705. The first-order chi connectivity index (χ1) is 11.4. The van der Waals surface area contributed by atoms with Crippen LogP contribution in [0, 0.1) is 0 Å². The van der Waals surface area contributed by atoms with E-state index in [1.807, 2.05) is 0 Å². The molecule has 0 unspecified atom stereocenters. The van der Waals surface area contributed by atoms with Crippen molar-refractivity contribution in [3.8, 4) is 0 Å². The van der Waals surface area contributed by atoms with Crippen LogP contribution in [0.1, 0.15) is 17.0 Å². The van der Waals surface area contributed by atoms with E-state index in [4.69, 9.17) is 4.74 Å². The second kappa shape index (κ2) is 7.87. The molecule has 0 saturated heterocycles. The van der Waals surface area contributed by atoms with Gasteiger partial charge in [-0.15, -0.1) is 0 Å². The van der Waals surface area contributed by atoms with Gasteiger partial charge in [-0.25, -0.2) is 9.97 Å². The number of alkyl halides is 3. The minimum absolute atomic E-state index is 0.0397. The van der Waals surface area contributed by atoms with Gasteiger partial charge in [0.2, 0.25) is 5.91 Å². The summed E-state index contributed by atoms with van der Waals surface area (Å²) < 4.78 is 42.8. The highest BCUT2D eigenvalue weighted by Gasteiger charge is 2.32. The number of carbonyl (C=O) groups is 1. The van der Waals surface area contributed by atoms with E-state index in [-0.39, 0.29) is 12.1 Å². The predicted molar refractivity (Wildman–Crippen MR) is 81.4 cm³/mol. The number of nitrogens with zero attached hydrogens (tertiary/aromatic N) is 2. The zero-order valence-electron chi connectivity index (χ0n) is 12.9. The van der Waals surface area contributed by atoms with Gasteiger partial charge in [0.25, 0.3) is 0 Å². The maximum Gasteiger partial charge on any atom is 0.433 e. The van der Waals surface area contributed by atoms with Gasteiger partial charge in [-0.1, -0.05) is 6.07 Å². The van der Waals surface area contributed by atoms with E-state index < -0.39 is 17.8 Å². The molecule has 2 heterocycles. The number of hydrogen-bond acceptors (Lipinski definition) is 4. The van der Waals surface area contributed by atoms with Crippen LogP contribution in [0.2, 0.25) is 0 Å². The largest absolute Gasteiger partial charge is 0.433 e. The van der Waals surface area contributed by atoms with Crippen LogP contribution in [0.4, 0.5) is 19.0 Å². The summed E-state index contributed by atoms with van der Waals surface area (Å²) >= 11 is 0. The van der Waals surface area contributed by atoms with E-state index in [1.165, 1.54) is 12.1 Å². The van der Waals surface area contributed by atoms with Gasteiger partial charge in [0.05, 0.1) is 18.7 Å². The summed E-state index contributed by atoms with van der Waals surface area (Å²) in [5.41, 5.74) is -0.0512. The third kappa shape index (κ3) is 5.31. The minimum Gasteiger partial charge on any atom is -0.384 e. The highest BCUT2D eigenvalue weighted by atomic mass is 19.4. The molecule has 0 saturated carbocycles. The number of pyridine rings is 2. The Balaban J connectivity index is 2.01. The van der Waals surface area contributed by atoms with Crippen LogP contribution in [0.15, 0.2) is 36.5 Å². The van der Waals surface area contributed by atoms with Crippen molar-refractivity contribution in [1.82, 2.24) is 9.97 Å². The summed E-state index contributed by atoms with van der Waals surface area (Å²) in [5.74, 6) is -0.154. The molecular formula is C16H16F3N3O2. The Kier molecular flexibility index (Phi) is 5.86. The summed E-state index contributed by atoms with van der Waals surface area (Å²) in [6, 6.07) is 6.95. The Morgan fingerprint density at radius 1 is 1.29 bits per heavy atom. The van der Waals surface area contributed by atoms with Crippen molar-refractivity contribution in [2.24, 2.45) is 0 Å². The Labute approximate surface area is 136 Å². The predicted octanol–water partition coefficient (Wildman–Crippen LogP) is 2.87. The van der Waals surface area contributed by atoms with Gasteiger partial charge in [-0.2, -0.15) is 13.2 Å². The molecule has 0 atom stereocenters. The van der Waals surface area contributed by atoms with Gasteiger partial charge in [0.15, 0.2) is 0 Å². The van der Waals surface area contributed by atoms with Crippen molar-refractivity contribution < 1.29 is 22.7 Å². The number of anilines is 1. The highest BCUT2D eigenvalue weighted by Crippen LogP contribution is 2.27. The Morgan fingerprint density at radius 2 is 2.08 bits per heavy atom. The summed E-state index contributed by atoms with van der Waals surface area (Å²) in [6.07, 6.45) is -2.60. The molecule has 5 nitrogen and oxygen atoms in total. The quantitative estimate of drug-likeness (QED) is 0.879. The number of amides is 1. The van der Waals surface area contributed by atoms with Crippen molar-refractivity contribution in [1.29, 1.82) is 0 Å². The molecule has 1 N–H and O–H groups in total. The smallest absolute Gasteiger partial charge is 0.384 e. The topological polar surface area (TPSA) is 64.1 Å². The Morgan fingerprint density at radius 3 is 2.79 bits per heavy atom. The summed E-state index contributed by atoms with van der Waals surface area (Å²) in [4.78, 5) is 19.4. The molecule has 0 aromatic carbocycles. The van der Waals surface area contributed by atoms with Crippen LogP contribution in [0.3, 0.4) is 0 Å². The van der Waals surface area contributed by atoms with Crippen molar-refractivity contribution >= 4 is 11.7 Å². The second-order valence-electron chi connectivity index (χ2n) is 5.03. The lowest BCUT2D eigenvalue weighted by Gasteiger charge is -2.08. The van der Waals surface area contributed by atoms with Gasteiger partial charge >= 0.3 is 6.18 Å². The van der Waals surface area contributed by atoms with E-state index in [2.05, 4.69) is 15.3 Å². The fourth-order valence-corrected chi connectivity index (χ4v) is 2.01. The van der Waals surface area contributed by atoms with Crippen molar-refractivity contribution in [3.63, 3.8) is 0 Å². The maximum absolute atomic E-state index is 12.6. The van der Waals surface area contributed by atoms with E-state index in [0.29, 0.717) is 18.8 Å². The molecule has 2 aromatic heterocycles. The monoisotopic (exact) mass is 339 g/mol. The molecule has 0 aliphatic rings. The zero-order valence-corrected chi connectivity index (χ0v) is 12.9. The first-order valence-electron chi connectivity index (χ1n) is 7.15. The number of halogens is 3. The van der Waals surface area contributed by atoms with Crippen LogP contribution in [-0.2, 0) is 28.5 Å². The molecule has 0 aliphatic carbocycles. The van der Waals surface area contributed by atoms with E-state index in [0.717, 1.165) is 11.6 Å². The number of ether oxygens (including phenoxy) is 1. The van der Waals surface area contributed by atoms with Crippen LogP contribution < -0.4 is 5.32 Å². The van der Waals surface area contributed by atoms with Crippen molar-refractivity contribution in [2.45, 2.75) is 19.0 Å². The van der Waals surface area contributed by atoms with Crippen molar-refractivity contribution in [3.05, 3.63) is 53.5 Å². The molecular weight excluding hydrogens is 323 g/mol. The standard InChI is InChI=1S/C16H16F3N3O2/c1-24-8-6-11-5-7-20-14(9-11)22-15(23)10-12-3-2-4-13(21-12)16(17,18)19/h2-5,7,9H,6,8,10H2,1H3,(H,20,22,23). The summed E-state index contributed by atoms with van der Waals surface area (Å²) in [7, 11) is 1.59. The molecule has 0 fully saturated rings. The van der Waals surface area contributed by atoms with Gasteiger partial charge in [-0.3, -0.25) is 4.79 Å². The lowest BCUT2D eigenvalue weighted by atomic mass is 10.2. The van der Waals surface area contributed by atoms with Crippen LogP contribution in [-0.4, -0.2) is 29.6 Å². The van der Waals surface area contributed by atoms with E-state index in [1.54, 1.807) is 25.4 Å². The van der Waals surface area contributed by atoms with Gasteiger partial charge < -0.3 is 10.1 Å². The normalized spacial score (nSPS) is 11.3. The van der Waals surface area contributed by atoms with Crippen molar-refractivity contribution in [2.75, 3.05) is 19.0 Å². The van der Waals surface area contributed by atoms with Gasteiger partial charge in [0.1, 0.15) is 11.5 Å². The Hall–Kier alpha value is -2.48.